The summed E-state index contributed by atoms with van der Waals surface area (Å²) in [6, 6.07) is 3.61. The Bertz CT molecular complexity index is 733. The number of hydrogen-bond donors (Lipinski definition) is 1. The number of halogens is 2. The molecule has 0 radical (unpaired) electrons. The number of nitrogens with zero attached hydrogens (tertiary/aromatic N) is 1. The van der Waals surface area contributed by atoms with Gasteiger partial charge in [0, 0.05) is 31.6 Å². The van der Waals surface area contributed by atoms with Gasteiger partial charge in [0.2, 0.25) is 11.8 Å². The van der Waals surface area contributed by atoms with Gasteiger partial charge in [0.1, 0.15) is 0 Å². The first kappa shape index (κ1) is 19.5. The molecule has 4 nitrogen and oxygen atoms in total. The molecule has 1 fully saturated rings. The highest BCUT2D eigenvalue weighted by molar-refractivity contribution is 5.93. The Labute approximate surface area is 158 Å². The molecular weight excluding hydrogens is 350 g/mol. The Balaban J connectivity index is 1.41. The molecule has 6 heteroatoms. The first-order valence-electron chi connectivity index (χ1n) is 9.72. The molecule has 1 saturated heterocycles. The molecule has 1 aliphatic heterocycles. The van der Waals surface area contributed by atoms with E-state index in [1.165, 1.54) is 6.07 Å². The fraction of sp³-hybridized carbons (Fsp3) is 0.524. The van der Waals surface area contributed by atoms with Gasteiger partial charge in [0.05, 0.1) is 0 Å². The van der Waals surface area contributed by atoms with Crippen LogP contribution in [0, 0.1) is 17.6 Å². The van der Waals surface area contributed by atoms with Crippen molar-refractivity contribution in [2.45, 2.75) is 51.5 Å². The number of rotatable bonds is 6. The molecule has 1 aliphatic carbocycles. The summed E-state index contributed by atoms with van der Waals surface area (Å²) in [5.74, 6) is -1.42. The molecule has 1 aromatic rings. The van der Waals surface area contributed by atoms with Crippen LogP contribution in [0.25, 0.3) is 0 Å². The highest BCUT2D eigenvalue weighted by atomic mass is 19.2. The summed E-state index contributed by atoms with van der Waals surface area (Å²) in [7, 11) is 0. The Morgan fingerprint density at radius 3 is 2.78 bits per heavy atom. The molecule has 3 rings (SSSR count). The minimum atomic E-state index is -0.911. The van der Waals surface area contributed by atoms with Gasteiger partial charge in [-0.25, -0.2) is 8.78 Å². The maximum atomic E-state index is 13.2. The lowest BCUT2D eigenvalue weighted by atomic mass is 9.92. The molecule has 0 bridgehead atoms. The summed E-state index contributed by atoms with van der Waals surface area (Å²) in [5, 5.41) is 2.75. The van der Waals surface area contributed by atoms with Crippen molar-refractivity contribution in [3.8, 4) is 0 Å². The molecule has 0 aromatic heterocycles. The zero-order chi connectivity index (χ0) is 19.2. The molecule has 2 amide bonds. The zero-order valence-corrected chi connectivity index (χ0v) is 15.5. The van der Waals surface area contributed by atoms with Crippen LogP contribution >= 0.6 is 0 Å². The summed E-state index contributed by atoms with van der Waals surface area (Å²) < 4.78 is 26.1. The van der Waals surface area contributed by atoms with Gasteiger partial charge in [-0.05, 0) is 62.1 Å². The number of piperidine rings is 1. The van der Waals surface area contributed by atoms with Gasteiger partial charge < -0.3 is 10.2 Å². The van der Waals surface area contributed by atoms with Crippen LogP contribution in [0.15, 0.2) is 29.8 Å². The molecule has 0 spiro atoms. The number of hydrogen-bond acceptors (Lipinski definition) is 2. The lowest BCUT2D eigenvalue weighted by Gasteiger charge is -2.33. The smallest absolute Gasteiger partial charge is 0.249 e. The van der Waals surface area contributed by atoms with Crippen LogP contribution in [-0.2, 0) is 16.1 Å². The Hall–Kier alpha value is -2.24. The van der Waals surface area contributed by atoms with E-state index in [0.29, 0.717) is 24.4 Å². The molecule has 1 unspecified atom stereocenters. The number of nitrogens with one attached hydrogen (secondary N) is 1. The number of carbonyl (C=O) groups excluding carboxylic acids is 2. The molecule has 1 heterocycles. The van der Waals surface area contributed by atoms with E-state index in [1.807, 2.05) is 4.90 Å². The molecule has 2 aliphatic rings. The third-order valence-electron chi connectivity index (χ3n) is 5.38. The van der Waals surface area contributed by atoms with Crippen LogP contribution in [0.3, 0.4) is 0 Å². The first-order valence-corrected chi connectivity index (χ1v) is 9.72. The maximum Gasteiger partial charge on any atom is 0.249 e. The third-order valence-corrected chi connectivity index (χ3v) is 5.38. The van der Waals surface area contributed by atoms with Crippen LogP contribution in [0.5, 0.6) is 0 Å². The van der Waals surface area contributed by atoms with E-state index >= 15 is 0 Å². The third kappa shape index (κ3) is 5.37. The maximum absolute atomic E-state index is 13.2. The first-order chi connectivity index (χ1) is 13.0. The van der Waals surface area contributed by atoms with E-state index in [9.17, 15) is 18.4 Å². The predicted octanol–water partition coefficient (Wildman–Crippen LogP) is 3.71. The SMILES string of the molecule is O=C(CCC1CCCN(C(=O)C2=CCCC2)C1)NCc1ccc(F)c(F)c1. The number of carbonyl (C=O) groups is 2. The lowest BCUT2D eigenvalue weighted by molar-refractivity contribution is -0.129. The summed E-state index contributed by atoms with van der Waals surface area (Å²) in [6.07, 6.45) is 8.10. The monoisotopic (exact) mass is 376 g/mol. The number of amides is 2. The predicted molar refractivity (Wildman–Crippen MR) is 98.7 cm³/mol. The minimum Gasteiger partial charge on any atom is -0.352 e. The van der Waals surface area contributed by atoms with Crippen molar-refractivity contribution in [1.29, 1.82) is 0 Å². The van der Waals surface area contributed by atoms with Crippen LogP contribution in [0.4, 0.5) is 8.78 Å². The van der Waals surface area contributed by atoms with Crippen molar-refractivity contribution < 1.29 is 18.4 Å². The molecule has 27 heavy (non-hydrogen) atoms. The summed E-state index contributed by atoms with van der Waals surface area (Å²) in [5.41, 5.74) is 1.47. The van der Waals surface area contributed by atoms with E-state index in [1.54, 1.807) is 0 Å². The van der Waals surface area contributed by atoms with Crippen molar-refractivity contribution in [3.05, 3.63) is 47.0 Å². The van der Waals surface area contributed by atoms with E-state index in [-0.39, 0.29) is 18.4 Å². The van der Waals surface area contributed by atoms with Crippen molar-refractivity contribution in [1.82, 2.24) is 10.2 Å². The second kappa shape index (κ2) is 9.11. The largest absolute Gasteiger partial charge is 0.352 e. The van der Waals surface area contributed by atoms with Crippen molar-refractivity contribution >= 4 is 11.8 Å². The number of allylic oxidation sites excluding steroid dienone is 1. The van der Waals surface area contributed by atoms with Crippen LogP contribution in [0.2, 0.25) is 0 Å². The quantitative estimate of drug-likeness (QED) is 0.823. The molecule has 1 atom stereocenters. The highest BCUT2D eigenvalue weighted by Gasteiger charge is 2.26. The molecule has 1 aromatic carbocycles. The van der Waals surface area contributed by atoms with E-state index < -0.39 is 11.6 Å². The summed E-state index contributed by atoms with van der Waals surface area (Å²) in [4.78, 5) is 26.5. The lowest BCUT2D eigenvalue weighted by Crippen LogP contribution is -2.40. The van der Waals surface area contributed by atoms with Gasteiger partial charge >= 0.3 is 0 Å². The molecular formula is C21H26F2N2O2. The normalized spacial score (nSPS) is 19.7. The van der Waals surface area contributed by atoms with E-state index in [2.05, 4.69) is 11.4 Å². The second-order valence-electron chi connectivity index (χ2n) is 7.44. The average Bonchev–Trinajstić information content (AvgIpc) is 3.21. The molecule has 1 N–H and O–H groups in total. The summed E-state index contributed by atoms with van der Waals surface area (Å²) >= 11 is 0. The summed E-state index contributed by atoms with van der Waals surface area (Å²) in [6.45, 7) is 1.70. The van der Waals surface area contributed by atoms with Crippen molar-refractivity contribution in [2.24, 2.45) is 5.92 Å². The fourth-order valence-corrected chi connectivity index (χ4v) is 3.83. The molecule has 146 valence electrons. The van der Waals surface area contributed by atoms with Gasteiger partial charge in [-0.2, -0.15) is 0 Å². The minimum absolute atomic E-state index is 0.110. The van der Waals surface area contributed by atoms with Gasteiger partial charge in [-0.1, -0.05) is 12.1 Å². The molecule has 0 saturated carbocycles. The Morgan fingerprint density at radius 2 is 2.04 bits per heavy atom. The number of likely N-dealkylation sites (tertiary alicyclic amines) is 1. The van der Waals surface area contributed by atoms with E-state index in [4.69, 9.17) is 0 Å². The van der Waals surface area contributed by atoms with Gasteiger partial charge in [0.15, 0.2) is 11.6 Å². The average molecular weight is 376 g/mol. The van der Waals surface area contributed by atoms with Gasteiger partial charge in [0.25, 0.3) is 0 Å². The van der Waals surface area contributed by atoms with Crippen LogP contribution in [0.1, 0.15) is 50.5 Å². The van der Waals surface area contributed by atoms with E-state index in [0.717, 1.165) is 62.8 Å². The van der Waals surface area contributed by atoms with Crippen LogP contribution in [-0.4, -0.2) is 29.8 Å². The second-order valence-corrected chi connectivity index (χ2v) is 7.44. The number of benzene rings is 1. The van der Waals surface area contributed by atoms with Crippen LogP contribution < -0.4 is 5.32 Å². The van der Waals surface area contributed by atoms with Gasteiger partial charge in [-0.15, -0.1) is 0 Å². The van der Waals surface area contributed by atoms with Crippen molar-refractivity contribution in [2.75, 3.05) is 13.1 Å². The highest BCUT2D eigenvalue weighted by Crippen LogP contribution is 2.25. The zero-order valence-electron chi connectivity index (χ0n) is 15.5. The topological polar surface area (TPSA) is 49.4 Å². The van der Waals surface area contributed by atoms with Crippen molar-refractivity contribution in [3.63, 3.8) is 0 Å². The Kier molecular flexibility index (Phi) is 6.58. The Morgan fingerprint density at radius 1 is 1.19 bits per heavy atom. The fourth-order valence-electron chi connectivity index (χ4n) is 3.83. The standard InChI is InChI=1S/C21H26F2N2O2/c22-18-9-7-16(12-19(18)23)13-24-20(26)10-8-15-4-3-11-25(14-15)21(27)17-5-1-2-6-17/h5,7,9,12,15H,1-4,6,8,10-11,13-14H2,(H,24,26). The van der Waals surface area contributed by atoms with Gasteiger partial charge in [-0.3, -0.25) is 9.59 Å².